The number of aromatic nitrogens is 1. The van der Waals surface area contributed by atoms with Crippen molar-refractivity contribution in [2.45, 2.75) is 43.4 Å². The van der Waals surface area contributed by atoms with Crippen LogP contribution < -0.4 is 9.88 Å². The van der Waals surface area contributed by atoms with Crippen LogP contribution in [0, 0.1) is 5.41 Å². The van der Waals surface area contributed by atoms with Gasteiger partial charge in [-0.3, -0.25) is 4.98 Å². The standard InChI is InChI=1S/C21H24N2O3S/c1-26-16-8-6-15(7-9-16)17-13-21(10-2-3-11-21)14-18(17)20-19(27(22,24)25)5-4-12-23-20/h4-9,12H,2-3,10-11,13-14H2,1H3,(H2,22,24,25). The maximum atomic E-state index is 12.1. The van der Waals surface area contributed by atoms with E-state index in [0.717, 1.165) is 29.7 Å². The predicted octanol–water partition coefficient (Wildman–Crippen LogP) is 4.00. The molecule has 2 aromatic rings. The SMILES string of the molecule is COc1ccc(C2=C(c3ncccc3S(N)(=O)=O)CC3(CCCC3)C2)cc1. The molecule has 0 radical (unpaired) electrons. The number of pyridine rings is 1. The lowest BCUT2D eigenvalue weighted by atomic mass is 9.81. The maximum Gasteiger partial charge on any atom is 0.240 e. The average Bonchev–Trinajstić information content (AvgIpc) is 3.28. The fourth-order valence-electron chi connectivity index (χ4n) is 4.65. The van der Waals surface area contributed by atoms with E-state index in [9.17, 15) is 8.42 Å². The highest BCUT2D eigenvalue weighted by Crippen LogP contribution is 2.57. The molecule has 142 valence electrons. The normalized spacial score (nSPS) is 19.0. The smallest absolute Gasteiger partial charge is 0.240 e. The van der Waals surface area contributed by atoms with Gasteiger partial charge < -0.3 is 4.74 Å². The van der Waals surface area contributed by atoms with Crippen LogP contribution in [0.1, 0.15) is 49.8 Å². The van der Waals surface area contributed by atoms with Gasteiger partial charge in [0.15, 0.2) is 0 Å². The molecule has 2 N–H and O–H groups in total. The summed E-state index contributed by atoms with van der Waals surface area (Å²) in [4.78, 5) is 4.56. The first kappa shape index (κ1) is 18.2. The highest BCUT2D eigenvalue weighted by Gasteiger charge is 2.42. The first-order valence-corrected chi connectivity index (χ1v) is 10.8. The Morgan fingerprint density at radius 2 is 1.70 bits per heavy atom. The van der Waals surface area contributed by atoms with Gasteiger partial charge in [0, 0.05) is 6.20 Å². The zero-order valence-electron chi connectivity index (χ0n) is 15.4. The topological polar surface area (TPSA) is 82.3 Å². The lowest BCUT2D eigenvalue weighted by Crippen LogP contribution is -2.16. The molecule has 0 saturated heterocycles. The minimum absolute atomic E-state index is 0.112. The monoisotopic (exact) mass is 384 g/mol. The van der Waals surface area contributed by atoms with Crippen molar-refractivity contribution in [1.82, 2.24) is 4.98 Å². The average molecular weight is 385 g/mol. The van der Waals surface area contributed by atoms with Gasteiger partial charge in [0.1, 0.15) is 10.6 Å². The Kier molecular flexibility index (Phi) is 4.56. The molecule has 4 rings (SSSR count). The lowest BCUT2D eigenvalue weighted by Gasteiger charge is -2.23. The van der Waals surface area contributed by atoms with Gasteiger partial charge in [-0.25, -0.2) is 13.6 Å². The van der Waals surface area contributed by atoms with E-state index in [1.807, 2.05) is 24.3 Å². The Hall–Kier alpha value is -2.18. The minimum Gasteiger partial charge on any atom is -0.497 e. The Morgan fingerprint density at radius 1 is 1.04 bits per heavy atom. The molecule has 0 aliphatic heterocycles. The van der Waals surface area contributed by atoms with E-state index in [-0.39, 0.29) is 10.3 Å². The summed E-state index contributed by atoms with van der Waals surface area (Å²) in [7, 11) is -2.19. The van der Waals surface area contributed by atoms with Crippen molar-refractivity contribution in [1.29, 1.82) is 0 Å². The molecule has 1 spiro atoms. The van der Waals surface area contributed by atoms with Crippen LogP contribution in [0.2, 0.25) is 0 Å². The van der Waals surface area contributed by atoms with Crippen LogP contribution in [0.3, 0.4) is 0 Å². The third kappa shape index (κ3) is 3.39. The van der Waals surface area contributed by atoms with Gasteiger partial charge in [0.05, 0.1) is 12.8 Å². The molecule has 1 saturated carbocycles. The molecule has 1 aromatic carbocycles. The fourth-order valence-corrected chi connectivity index (χ4v) is 5.36. The molecule has 6 heteroatoms. The lowest BCUT2D eigenvalue weighted by molar-refractivity contribution is 0.329. The van der Waals surface area contributed by atoms with E-state index < -0.39 is 10.0 Å². The van der Waals surface area contributed by atoms with Crippen LogP contribution in [-0.2, 0) is 10.0 Å². The van der Waals surface area contributed by atoms with Gasteiger partial charge in [-0.05, 0) is 72.1 Å². The van der Waals surface area contributed by atoms with Crippen LogP contribution >= 0.6 is 0 Å². The Morgan fingerprint density at radius 3 is 2.33 bits per heavy atom. The first-order chi connectivity index (χ1) is 12.9. The van der Waals surface area contributed by atoms with Crippen LogP contribution in [-0.4, -0.2) is 20.5 Å². The van der Waals surface area contributed by atoms with Crippen molar-refractivity contribution in [3.8, 4) is 5.75 Å². The molecule has 1 heterocycles. The second kappa shape index (κ2) is 6.77. The van der Waals surface area contributed by atoms with Crippen LogP contribution in [0.15, 0.2) is 47.5 Å². The molecule has 0 amide bonds. The Bertz CT molecular complexity index is 988. The van der Waals surface area contributed by atoms with Crippen LogP contribution in [0.5, 0.6) is 5.75 Å². The van der Waals surface area contributed by atoms with Gasteiger partial charge in [-0.15, -0.1) is 0 Å². The van der Waals surface area contributed by atoms with Crippen molar-refractivity contribution in [3.63, 3.8) is 0 Å². The molecular weight excluding hydrogens is 360 g/mol. The zero-order chi connectivity index (χ0) is 19.1. The number of ether oxygens (including phenoxy) is 1. The Balaban J connectivity index is 1.87. The van der Waals surface area contributed by atoms with E-state index in [1.54, 1.807) is 25.4 Å². The number of hydrogen-bond acceptors (Lipinski definition) is 4. The molecular formula is C21H24N2O3S. The summed E-state index contributed by atoms with van der Waals surface area (Å²) in [6, 6.07) is 11.1. The largest absolute Gasteiger partial charge is 0.497 e. The number of nitrogens with two attached hydrogens (primary N) is 1. The summed E-state index contributed by atoms with van der Waals surface area (Å²) in [5, 5.41) is 5.49. The molecule has 5 nitrogen and oxygen atoms in total. The van der Waals surface area contributed by atoms with Gasteiger partial charge >= 0.3 is 0 Å². The summed E-state index contributed by atoms with van der Waals surface area (Å²) < 4.78 is 29.6. The first-order valence-electron chi connectivity index (χ1n) is 9.27. The van der Waals surface area contributed by atoms with E-state index >= 15 is 0 Å². The molecule has 0 unspecified atom stereocenters. The van der Waals surface area contributed by atoms with Crippen molar-refractivity contribution >= 4 is 21.2 Å². The van der Waals surface area contributed by atoms with E-state index in [2.05, 4.69) is 4.98 Å². The molecule has 0 bridgehead atoms. The molecule has 2 aliphatic rings. The van der Waals surface area contributed by atoms with E-state index in [4.69, 9.17) is 9.88 Å². The van der Waals surface area contributed by atoms with Crippen molar-refractivity contribution in [3.05, 3.63) is 53.9 Å². The van der Waals surface area contributed by atoms with Crippen molar-refractivity contribution in [2.24, 2.45) is 10.6 Å². The number of primary sulfonamides is 1. The number of hydrogen-bond donors (Lipinski definition) is 1. The highest BCUT2D eigenvalue weighted by molar-refractivity contribution is 7.89. The number of rotatable bonds is 4. The van der Waals surface area contributed by atoms with Gasteiger partial charge in [0.2, 0.25) is 10.0 Å². The van der Waals surface area contributed by atoms with Gasteiger partial charge in [-0.1, -0.05) is 25.0 Å². The zero-order valence-corrected chi connectivity index (χ0v) is 16.3. The Labute approximate surface area is 160 Å². The van der Waals surface area contributed by atoms with E-state index in [0.29, 0.717) is 5.69 Å². The number of benzene rings is 1. The van der Waals surface area contributed by atoms with Gasteiger partial charge in [0.25, 0.3) is 0 Å². The summed E-state index contributed by atoms with van der Waals surface area (Å²) in [6.07, 6.45) is 8.26. The molecule has 1 fully saturated rings. The number of nitrogens with zero attached hydrogens (tertiary/aromatic N) is 1. The van der Waals surface area contributed by atoms with E-state index in [1.165, 1.54) is 31.3 Å². The summed E-state index contributed by atoms with van der Waals surface area (Å²) in [5.74, 6) is 0.803. The second-order valence-electron chi connectivity index (χ2n) is 7.64. The third-order valence-electron chi connectivity index (χ3n) is 5.93. The van der Waals surface area contributed by atoms with Crippen LogP contribution in [0.4, 0.5) is 0 Å². The van der Waals surface area contributed by atoms with Crippen molar-refractivity contribution in [2.75, 3.05) is 7.11 Å². The van der Waals surface area contributed by atoms with Gasteiger partial charge in [-0.2, -0.15) is 0 Å². The summed E-state index contributed by atoms with van der Waals surface area (Å²) in [5.41, 5.74) is 4.03. The molecule has 27 heavy (non-hydrogen) atoms. The summed E-state index contributed by atoms with van der Waals surface area (Å²) >= 11 is 0. The van der Waals surface area contributed by atoms with Crippen molar-refractivity contribution < 1.29 is 13.2 Å². The molecule has 2 aliphatic carbocycles. The number of methoxy groups -OCH3 is 1. The fraction of sp³-hybridized carbons (Fsp3) is 0.381. The molecule has 1 aromatic heterocycles. The molecule has 0 atom stereocenters. The quantitative estimate of drug-likeness (QED) is 0.864. The predicted molar refractivity (Wildman–Crippen MR) is 106 cm³/mol. The number of allylic oxidation sites excluding steroid dienone is 2. The number of sulfonamides is 1. The van der Waals surface area contributed by atoms with Crippen LogP contribution in [0.25, 0.3) is 11.1 Å². The maximum absolute atomic E-state index is 12.1. The third-order valence-corrected chi connectivity index (χ3v) is 6.88. The highest BCUT2D eigenvalue weighted by atomic mass is 32.2. The minimum atomic E-state index is -3.84. The second-order valence-corrected chi connectivity index (χ2v) is 9.17. The summed E-state index contributed by atoms with van der Waals surface area (Å²) in [6.45, 7) is 0.